The predicted octanol–water partition coefficient (Wildman–Crippen LogP) is 0.170. The van der Waals surface area contributed by atoms with Gasteiger partial charge >= 0.3 is 10.3 Å². The molecule has 0 spiro atoms. The van der Waals surface area contributed by atoms with Crippen LogP contribution in [0.15, 0.2) is 0 Å². The molecule has 1 fully saturated rings. The fourth-order valence-corrected chi connectivity index (χ4v) is 1.83. The number of hydrazine groups is 1. The topological polar surface area (TPSA) is 69.6 Å². The van der Waals surface area contributed by atoms with Crippen molar-refractivity contribution in [2.45, 2.75) is 25.7 Å². The summed E-state index contributed by atoms with van der Waals surface area (Å²) in [5, 5.41) is 1.54. The molecule has 0 aromatic carbocycles. The van der Waals surface area contributed by atoms with E-state index >= 15 is 0 Å². The van der Waals surface area contributed by atoms with E-state index in [1.165, 1.54) is 0 Å². The summed E-state index contributed by atoms with van der Waals surface area (Å²) in [6.07, 6.45) is 4.21. The standard InChI is InChI=1S/C6H14N2O3S/c9-12(10,11)7-8-5-3-1-2-4-6-8/h7H,1-6H2,(H,9,10,11). The third kappa shape index (κ3) is 4.01. The normalized spacial score (nSPS) is 22.1. The minimum absolute atomic E-state index is 0.680. The zero-order chi connectivity index (χ0) is 9.03. The highest BCUT2D eigenvalue weighted by molar-refractivity contribution is 7.83. The fourth-order valence-electron chi connectivity index (χ4n) is 1.33. The molecule has 0 saturated carbocycles. The molecule has 1 saturated heterocycles. The van der Waals surface area contributed by atoms with Crippen LogP contribution in [0.5, 0.6) is 0 Å². The summed E-state index contributed by atoms with van der Waals surface area (Å²) in [5.41, 5.74) is 0. The average Bonchev–Trinajstić information content (AvgIpc) is 2.12. The van der Waals surface area contributed by atoms with Crippen LogP contribution in [0.2, 0.25) is 0 Å². The molecular weight excluding hydrogens is 180 g/mol. The van der Waals surface area contributed by atoms with Crippen LogP contribution in [0, 0.1) is 0 Å². The SMILES string of the molecule is O=S(=O)(O)NN1CCCCCC1. The molecule has 0 aromatic rings. The zero-order valence-corrected chi connectivity index (χ0v) is 7.68. The van der Waals surface area contributed by atoms with E-state index in [9.17, 15) is 8.42 Å². The summed E-state index contributed by atoms with van der Waals surface area (Å²) in [6, 6.07) is 0. The van der Waals surface area contributed by atoms with Crippen LogP contribution in [0.4, 0.5) is 0 Å². The molecule has 0 bridgehead atoms. The quantitative estimate of drug-likeness (QED) is 0.615. The van der Waals surface area contributed by atoms with Crippen LogP contribution in [0.1, 0.15) is 25.7 Å². The zero-order valence-electron chi connectivity index (χ0n) is 6.86. The van der Waals surface area contributed by atoms with Crippen LogP contribution in [-0.2, 0) is 10.3 Å². The number of rotatable bonds is 2. The van der Waals surface area contributed by atoms with E-state index in [-0.39, 0.29) is 0 Å². The molecule has 0 atom stereocenters. The third-order valence-corrected chi connectivity index (χ3v) is 2.34. The minimum Gasteiger partial charge on any atom is -0.273 e. The van der Waals surface area contributed by atoms with E-state index in [0.29, 0.717) is 13.1 Å². The van der Waals surface area contributed by atoms with Gasteiger partial charge in [-0.1, -0.05) is 12.8 Å². The molecule has 12 heavy (non-hydrogen) atoms. The molecule has 2 N–H and O–H groups in total. The Morgan fingerprint density at radius 3 is 2.00 bits per heavy atom. The monoisotopic (exact) mass is 194 g/mol. The summed E-state index contributed by atoms with van der Waals surface area (Å²) in [5.74, 6) is 0. The van der Waals surface area contributed by atoms with Crippen molar-refractivity contribution in [3.8, 4) is 0 Å². The van der Waals surface area contributed by atoms with Crippen LogP contribution in [-0.4, -0.2) is 31.1 Å². The Morgan fingerprint density at radius 1 is 1.08 bits per heavy atom. The van der Waals surface area contributed by atoms with Gasteiger partial charge in [0.15, 0.2) is 0 Å². The molecule has 0 aromatic heterocycles. The highest BCUT2D eigenvalue weighted by atomic mass is 32.2. The third-order valence-electron chi connectivity index (χ3n) is 1.85. The molecule has 0 unspecified atom stereocenters. The van der Waals surface area contributed by atoms with Gasteiger partial charge in [-0.15, -0.1) is 4.83 Å². The van der Waals surface area contributed by atoms with Crippen LogP contribution in [0.3, 0.4) is 0 Å². The first-order chi connectivity index (χ1) is 5.58. The first-order valence-electron chi connectivity index (χ1n) is 4.08. The van der Waals surface area contributed by atoms with E-state index in [0.717, 1.165) is 25.7 Å². The van der Waals surface area contributed by atoms with Gasteiger partial charge in [0.1, 0.15) is 0 Å². The van der Waals surface area contributed by atoms with E-state index in [2.05, 4.69) is 4.83 Å². The molecule has 0 aliphatic carbocycles. The number of hydrogen-bond donors (Lipinski definition) is 2. The van der Waals surface area contributed by atoms with Crippen molar-refractivity contribution in [2.24, 2.45) is 0 Å². The van der Waals surface area contributed by atoms with Gasteiger partial charge in [0, 0.05) is 13.1 Å². The first-order valence-corrected chi connectivity index (χ1v) is 5.52. The van der Waals surface area contributed by atoms with Crippen LogP contribution in [0.25, 0.3) is 0 Å². The molecule has 1 aliphatic rings. The van der Waals surface area contributed by atoms with Gasteiger partial charge in [0.25, 0.3) is 0 Å². The maximum Gasteiger partial charge on any atom is 0.346 e. The van der Waals surface area contributed by atoms with Crippen LogP contribution < -0.4 is 4.83 Å². The Kier molecular flexibility index (Phi) is 3.45. The van der Waals surface area contributed by atoms with Gasteiger partial charge in [-0.05, 0) is 12.8 Å². The molecule has 72 valence electrons. The van der Waals surface area contributed by atoms with Gasteiger partial charge in [-0.25, -0.2) is 5.01 Å². The summed E-state index contributed by atoms with van der Waals surface area (Å²) in [7, 11) is -4.06. The lowest BCUT2D eigenvalue weighted by Gasteiger charge is -2.17. The highest BCUT2D eigenvalue weighted by Crippen LogP contribution is 2.07. The highest BCUT2D eigenvalue weighted by Gasteiger charge is 2.13. The maximum absolute atomic E-state index is 10.4. The van der Waals surface area contributed by atoms with Gasteiger partial charge in [0.05, 0.1) is 0 Å². The number of nitrogens with one attached hydrogen (secondary N) is 1. The van der Waals surface area contributed by atoms with Gasteiger partial charge in [-0.3, -0.25) is 4.55 Å². The van der Waals surface area contributed by atoms with E-state index in [1.54, 1.807) is 5.01 Å². The lowest BCUT2D eigenvalue weighted by Crippen LogP contribution is -2.42. The molecule has 6 heteroatoms. The Bertz CT molecular complexity index is 219. The summed E-state index contributed by atoms with van der Waals surface area (Å²) >= 11 is 0. The van der Waals surface area contributed by atoms with Crippen molar-refractivity contribution in [3.05, 3.63) is 0 Å². The second-order valence-corrected chi connectivity index (χ2v) is 4.10. The van der Waals surface area contributed by atoms with Crippen molar-refractivity contribution < 1.29 is 13.0 Å². The first kappa shape index (κ1) is 9.91. The molecular formula is C6H14N2O3S. The van der Waals surface area contributed by atoms with Crippen molar-refractivity contribution in [3.63, 3.8) is 0 Å². The fraction of sp³-hybridized carbons (Fsp3) is 1.00. The van der Waals surface area contributed by atoms with Gasteiger partial charge in [-0.2, -0.15) is 8.42 Å². The molecule has 5 nitrogen and oxygen atoms in total. The van der Waals surface area contributed by atoms with E-state index in [1.807, 2.05) is 0 Å². The van der Waals surface area contributed by atoms with Crippen molar-refractivity contribution in [1.29, 1.82) is 0 Å². The van der Waals surface area contributed by atoms with Crippen molar-refractivity contribution in [2.75, 3.05) is 13.1 Å². The Labute approximate surface area is 72.6 Å². The molecule has 0 amide bonds. The van der Waals surface area contributed by atoms with Gasteiger partial charge < -0.3 is 0 Å². The Hall–Kier alpha value is -0.170. The van der Waals surface area contributed by atoms with Crippen molar-refractivity contribution >= 4 is 10.3 Å². The minimum atomic E-state index is -4.06. The van der Waals surface area contributed by atoms with Crippen molar-refractivity contribution in [1.82, 2.24) is 9.84 Å². The molecule has 0 radical (unpaired) electrons. The van der Waals surface area contributed by atoms with E-state index < -0.39 is 10.3 Å². The number of hydrogen-bond acceptors (Lipinski definition) is 3. The van der Waals surface area contributed by atoms with E-state index in [4.69, 9.17) is 4.55 Å². The number of nitrogens with zero attached hydrogens (tertiary/aromatic N) is 1. The second-order valence-electron chi connectivity index (χ2n) is 2.97. The second kappa shape index (κ2) is 4.18. The summed E-state index contributed by atoms with van der Waals surface area (Å²) in [4.78, 5) is 2.06. The maximum atomic E-state index is 10.4. The summed E-state index contributed by atoms with van der Waals surface area (Å²) < 4.78 is 29.3. The predicted molar refractivity (Wildman–Crippen MR) is 44.7 cm³/mol. The molecule has 1 heterocycles. The molecule has 1 rings (SSSR count). The average molecular weight is 194 g/mol. The van der Waals surface area contributed by atoms with Crippen LogP contribution >= 0.6 is 0 Å². The molecule has 1 aliphatic heterocycles. The Balaban J connectivity index is 2.40. The lowest BCUT2D eigenvalue weighted by molar-refractivity contribution is 0.239. The van der Waals surface area contributed by atoms with Gasteiger partial charge in [0.2, 0.25) is 0 Å². The largest absolute Gasteiger partial charge is 0.346 e. The Morgan fingerprint density at radius 2 is 1.58 bits per heavy atom. The smallest absolute Gasteiger partial charge is 0.273 e. The lowest BCUT2D eigenvalue weighted by atomic mass is 10.2. The summed E-state index contributed by atoms with van der Waals surface area (Å²) in [6.45, 7) is 1.36.